The van der Waals surface area contributed by atoms with Crippen molar-refractivity contribution in [3.63, 3.8) is 0 Å². The minimum absolute atomic E-state index is 0.0358. The van der Waals surface area contributed by atoms with E-state index >= 15 is 0 Å². The second-order valence-corrected chi connectivity index (χ2v) is 2.33. The maximum atomic E-state index is 10.8. The predicted molar refractivity (Wildman–Crippen MR) is 44.2 cm³/mol. The molecule has 0 aliphatic carbocycles. The van der Waals surface area contributed by atoms with Gasteiger partial charge in [0.2, 0.25) is 5.91 Å². The maximum Gasteiger partial charge on any atom is 0.220 e. The lowest BCUT2D eigenvalue weighted by molar-refractivity contribution is -0.120. The summed E-state index contributed by atoms with van der Waals surface area (Å²) in [4.78, 5) is 18.6. The molecule has 4 nitrogen and oxygen atoms in total. The Balaban J connectivity index is 2.38. The van der Waals surface area contributed by atoms with E-state index in [1.165, 1.54) is 6.33 Å². The van der Waals surface area contributed by atoms with Crippen LogP contribution in [0.4, 0.5) is 0 Å². The van der Waals surface area contributed by atoms with Gasteiger partial charge in [-0.15, -0.1) is 0 Å². The van der Waals surface area contributed by atoms with Gasteiger partial charge in [-0.25, -0.2) is 9.97 Å². The third-order valence-electron chi connectivity index (χ3n) is 1.43. The van der Waals surface area contributed by atoms with Crippen LogP contribution in [-0.4, -0.2) is 15.9 Å². The molecule has 0 saturated heterocycles. The lowest BCUT2D eigenvalue weighted by Gasteiger charge is -2.00. The van der Waals surface area contributed by atoms with Gasteiger partial charge in [0.1, 0.15) is 6.33 Å². The van der Waals surface area contributed by atoms with Crippen LogP contribution >= 0.6 is 0 Å². The third-order valence-corrected chi connectivity index (χ3v) is 1.43. The topological polar surface area (TPSA) is 54.9 Å². The molecule has 0 fully saturated rings. The molecule has 4 heteroatoms. The van der Waals surface area contributed by atoms with Crippen molar-refractivity contribution in [1.29, 1.82) is 0 Å². The average molecular weight is 165 g/mol. The molecule has 0 saturated carbocycles. The Hall–Kier alpha value is -1.45. The van der Waals surface area contributed by atoms with Crippen LogP contribution in [0.2, 0.25) is 0 Å². The summed E-state index contributed by atoms with van der Waals surface area (Å²) in [5, 5.41) is 2.72. The molecule has 12 heavy (non-hydrogen) atoms. The number of rotatable bonds is 3. The van der Waals surface area contributed by atoms with E-state index in [1.807, 2.05) is 6.92 Å². The molecular weight excluding hydrogens is 154 g/mol. The van der Waals surface area contributed by atoms with Crippen LogP contribution in [0.1, 0.15) is 19.0 Å². The van der Waals surface area contributed by atoms with E-state index in [2.05, 4.69) is 15.3 Å². The van der Waals surface area contributed by atoms with Gasteiger partial charge in [0.25, 0.3) is 0 Å². The molecule has 1 rings (SSSR count). The van der Waals surface area contributed by atoms with E-state index in [0.29, 0.717) is 13.0 Å². The summed E-state index contributed by atoms with van der Waals surface area (Å²) in [6.07, 6.45) is 3.62. The molecule has 1 aromatic rings. The van der Waals surface area contributed by atoms with Gasteiger partial charge in [-0.2, -0.15) is 0 Å². The number of hydrogen-bond donors (Lipinski definition) is 1. The number of carbonyl (C=O) groups is 1. The second-order valence-electron chi connectivity index (χ2n) is 2.33. The minimum Gasteiger partial charge on any atom is -0.350 e. The zero-order valence-corrected chi connectivity index (χ0v) is 6.95. The van der Waals surface area contributed by atoms with E-state index in [9.17, 15) is 4.79 Å². The number of hydrogen-bond acceptors (Lipinski definition) is 3. The van der Waals surface area contributed by atoms with Crippen molar-refractivity contribution in [3.05, 3.63) is 24.3 Å². The largest absolute Gasteiger partial charge is 0.350 e. The molecule has 1 amide bonds. The molecule has 0 spiro atoms. The highest BCUT2D eigenvalue weighted by Crippen LogP contribution is 1.89. The molecule has 0 aliphatic rings. The fourth-order valence-electron chi connectivity index (χ4n) is 0.737. The molecule has 64 valence electrons. The van der Waals surface area contributed by atoms with Gasteiger partial charge in [0, 0.05) is 12.6 Å². The minimum atomic E-state index is 0.0358. The Labute approximate surface area is 71.0 Å². The summed E-state index contributed by atoms with van der Waals surface area (Å²) in [6, 6.07) is 1.77. The molecule has 1 aromatic heterocycles. The van der Waals surface area contributed by atoms with Gasteiger partial charge in [0.15, 0.2) is 0 Å². The van der Waals surface area contributed by atoms with Crippen LogP contribution in [0.15, 0.2) is 18.6 Å². The quantitative estimate of drug-likeness (QED) is 0.709. The fourth-order valence-corrected chi connectivity index (χ4v) is 0.737. The summed E-state index contributed by atoms with van der Waals surface area (Å²) in [7, 11) is 0. The van der Waals surface area contributed by atoms with E-state index < -0.39 is 0 Å². The summed E-state index contributed by atoms with van der Waals surface area (Å²) >= 11 is 0. The molecule has 0 radical (unpaired) electrons. The molecule has 0 bridgehead atoms. The molecule has 0 aliphatic heterocycles. The Bertz CT molecular complexity index is 248. The van der Waals surface area contributed by atoms with Gasteiger partial charge in [-0.05, 0) is 6.07 Å². The van der Waals surface area contributed by atoms with E-state index in [4.69, 9.17) is 0 Å². The van der Waals surface area contributed by atoms with Crippen molar-refractivity contribution in [3.8, 4) is 0 Å². The van der Waals surface area contributed by atoms with Crippen LogP contribution in [0, 0.1) is 0 Å². The van der Waals surface area contributed by atoms with Gasteiger partial charge in [-0.1, -0.05) is 6.92 Å². The zero-order chi connectivity index (χ0) is 8.81. The standard InChI is InChI=1S/C8H11N3O/c1-2-8(12)10-5-7-3-4-9-6-11-7/h3-4,6H,2,5H2,1H3,(H,10,12). The van der Waals surface area contributed by atoms with Gasteiger partial charge in [0.05, 0.1) is 12.2 Å². The molecule has 1 heterocycles. The monoisotopic (exact) mass is 165 g/mol. The van der Waals surface area contributed by atoms with E-state index in [1.54, 1.807) is 12.3 Å². The van der Waals surface area contributed by atoms with Crippen LogP contribution in [0.3, 0.4) is 0 Å². The number of carbonyl (C=O) groups excluding carboxylic acids is 1. The fraction of sp³-hybridized carbons (Fsp3) is 0.375. The lowest BCUT2D eigenvalue weighted by Crippen LogP contribution is -2.21. The van der Waals surface area contributed by atoms with E-state index in [0.717, 1.165) is 5.69 Å². The summed E-state index contributed by atoms with van der Waals surface area (Å²) in [6.45, 7) is 2.30. The Kier molecular flexibility index (Phi) is 3.19. The van der Waals surface area contributed by atoms with Crippen molar-refractivity contribution in [2.24, 2.45) is 0 Å². The first-order chi connectivity index (χ1) is 5.83. The lowest BCUT2D eigenvalue weighted by atomic mass is 10.4. The number of nitrogens with zero attached hydrogens (tertiary/aromatic N) is 2. The Morgan fingerprint density at radius 3 is 3.08 bits per heavy atom. The summed E-state index contributed by atoms with van der Waals surface area (Å²) < 4.78 is 0. The smallest absolute Gasteiger partial charge is 0.220 e. The van der Waals surface area contributed by atoms with Gasteiger partial charge in [-0.3, -0.25) is 4.79 Å². The summed E-state index contributed by atoms with van der Waals surface area (Å²) in [5.41, 5.74) is 0.826. The average Bonchev–Trinajstić information content (AvgIpc) is 2.16. The third kappa shape index (κ3) is 2.65. The highest BCUT2D eigenvalue weighted by molar-refractivity contribution is 5.75. The van der Waals surface area contributed by atoms with Gasteiger partial charge < -0.3 is 5.32 Å². The van der Waals surface area contributed by atoms with Crippen molar-refractivity contribution < 1.29 is 4.79 Å². The Morgan fingerprint density at radius 2 is 2.50 bits per heavy atom. The molecule has 0 unspecified atom stereocenters. The van der Waals surface area contributed by atoms with Crippen molar-refractivity contribution >= 4 is 5.91 Å². The van der Waals surface area contributed by atoms with Gasteiger partial charge >= 0.3 is 0 Å². The molecule has 0 atom stereocenters. The number of amides is 1. The van der Waals surface area contributed by atoms with Crippen LogP contribution in [0.5, 0.6) is 0 Å². The molecule has 1 N–H and O–H groups in total. The maximum absolute atomic E-state index is 10.8. The van der Waals surface area contributed by atoms with E-state index in [-0.39, 0.29) is 5.91 Å². The number of nitrogens with one attached hydrogen (secondary N) is 1. The predicted octanol–water partition coefficient (Wildman–Crippen LogP) is 0.503. The molecular formula is C8H11N3O. The normalized spacial score (nSPS) is 9.42. The SMILES string of the molecule is CCC(=O)NCc1ccncn1. The van der Waals surface area contributed by atoms with Crippen LogP contribution in [-0.2, 0) is 11.3 Å². The van der Waals surface area contributed by atoms with Crippen LogP contribution < -0.4 is 5.32 Å². The first-order valence-electron chi connectivity index (χ1n) is 3.84. The number of aromatic nitrogens is 2. The molecule has 0 aromatic carbocycles. The van der Waals surface area contributed by atoms with Crippen molar-refractivity contribution in [2.45, 2.75) is 19.9 Å². The first-order valence-corrected chi connectivity index (χ1v) is 3.84. The Morgan fingerprint density at radius 1 is 1.67 bits per heavy atom. The summed E-state index contributed by atoms with van der Waals surface area (Å²) in [5.74, 6) is 0.0358. The highest BCUT2D eigenvalue weighted by Gasteiger charge is 1.96. The highest BCUT2D eigenvalue weighted by atomic mass is 16.1. The first kappa shape index (κ1) is 8.64. The zero-order valence-electron chi connectivity index (χ0n) is 6.95. The van der Waals surface area contributed by atoms with Crippen molar-refractivity contribution in [1.82, 2.24) is 15.3 Å². The van der Waals surface area contributed by atoms with Crippen LogP contribution in [0.25, 0.3) is 0 Å². The van der Waals surface area contributed by atoms with Crippen molar-refractivity contribution in [2.75, 3.05) is 0 Å². The second kappa shape index (κ2) is 4.43.